The molecule has 0 unspecified atom stereocenters. The van der Waals surface area contributed by atoms with Crippen molar-refractivity contribution in [2.24, 2.45) is 0 Å². The Bertz CT molecular complexity index is 414. The van der Waals surface area contributed by atoms with Gasteiger partial charge in [0.15, 0.2) is 0 Å². The predicted molar refractivity (Wildman–Crippen MR) is 86.2 cm³/mol. The largest absolute Gasteiger partial charge is 0.127 e. The molecular weight excluding hydrogens is 268 g/mol. The molecule has 0 aliphatic carbocycles. The zero-order valence-corrected chi connectivity index (χ0v) is 12.9. The molecule has 0 heterocycles. The van der Waals surface area contributed by atoms with Gasteiger partial charge in [0.1, 0.15) is 0 Å². The number of halogens is 1. The summed E-state index contributed by atoms with van der Waals surface area (Å²) in [5.41, 5.74) is 2.95. The van der Waals surface area contributed by atoms with E-state index in [1.54, 1.807) is 0 Å². The van der Waals surface area contributed by atoms with Crippen molar-refractivity contribution in [1.29, 1.82) is 0 Å². The Balaban J connectivity index is 1.99. The van der Waals surface area contributed by atoms with Crippen molar-refractivity contribution in [3.8, 4) is 0 Å². The van der Waals surface area contributed by atoms with Crippen molar-refractivity contribution in [2.45, 2.75) is 24.6 Å². The predicted octanol–water partition coefficient (Wildman–Crippen LogP) is 4.67. The third kappa shape index (κ3) is 5.21. The Morgan fingerprint density at radius 3 is 1.63 bits per heavy atom. The second-order valence-electron chi connectivity index (χ2n) is 4.87. The summed E-state index contributed by atoms with van der Waals surface area (Å²) in [6, 6.07) is 25.5. The minimum absolute atomic E-state index is 0.396. The molecule has 2 aromatic rings. The molecular formula is C17H20ClSi. The van der Waals surface area contributed by atoms with Crippen LogP contribution in [0.25, 0.3) is 0 Å². The van der Waals surface area contributed by atoms with Crippen LogP contribution in [0.3, 0.4) is 0 Å². The van der Waals surface area contributed by atoms with E-state index in [4.69, 9.17) is 11.6 Å². The molecule has 99 valence electrons. The maximum Gasteiger partial charge on any atom is 0.0571 e. The van der Waals surface area contributed by atoms with Gasteiger partial charge in [0.2, 0.25) is 0 Å². The first kappa shape index (κ1) is 14.4. The van der Waals surface area contributed by atoms with Crippen LogP contribution >= 0.6 is 11.6 Å². The standard InChI is InChI=1S/C17H20ClSi/c18-12-7-13-19(14-16-8-3-1-4-9-16)15-17-10-5-2-6-11-17/h1-6,8-11H,7,12-15H2. The fourth-order valence-electron chi connectivity index (χ4n) is 2.33. The molecule has 1 radical (unpaired) electrons. The number of rotatable bonds is 7. The lowest BCUT2D eigenvalue weighted by Gasteiger charge is -2.15. The number of benzene rings is 2. The highest BCUT2D eigenvalue weighted by molar-refractivity contribution is 6.57. The lowest BCUT2D eigenvalue weighted by molar-refractivity contribution is 1.04. The van der Waals surface area contributed by atoms with Crippen LogP contribution in [0.2, 0.25) is 6.04 Å². The van der Waals surface area contributed by atoms with Gasteiger partial charge in [0.25, 0.3) is 0 Å². The molecule has 2 rings (SSSR count). The highest BCUT2D eigenvalue weighted by Crippen LogP contribution is 2.13. The highest BCUT2D eigenvalue weighted by atomic mass is 35.5. The van der Waals surface area contributed by atoms with Gasteiger partial charge in [0.05, 0.1) is 8.80 Å². The summed E-state index contributed by atoms with van der Waals surface area (Å²) in [5, 5.41) is 0. The summed E-state index contributed by atoms with van der Waals surface area (Å²) in [5.74, 6) is 0.789. The summed E-state index contributed by atoms with van der Waals surface area (Å²) >= 11 is 5.87. The summed E-state index contributed by atoms with van der Waals surface area (Å²) in [4.78, 5) is 0. The van der Waals surface area contributed by atoms with E-state index in [9.17, 15) is 0 Å². The van der Waals surface area contributed by atoms with E-state index in [-0.39, 0.29) is 0 Å². The second-order valence-corrected chi connectivity index (χ2v) is 7.95. The van der Waals surface area contributed by atoms with Gasteiger partial charge in [-0.1, -0.05) is 77.8 Å². The molecule has 2 aromatic carbocycles. The van der Waals surface area contributed by atoms with Crippen molar-refractivity contribution in [3.63, 3.8) is 0 Å². The van der Waals surface area contributed by atoms with Crippen molar-refractivity contribution < 1.29 is 0 Å². The molecule has 0 aliphatic heterocycles. The minimum atomic E-state index is -0.396. The molecule has 0 nitrogen and oxygen atoms in total. The molecule has 0 aromatic heterocycles. The summed E-state index contributed by atoms with van der Waals surface area (Å²) in [7, 11) is -0.396. The Hall–Kier alpha value is -1.05. The van der Waals surface area contributed by atoms with Crippen LogP contribution in [-0.4, -0.2) is 14.7 Å². The molecule has 0 saturated carbocycles. The van der Waals surface area contributed by atoms with Crippen LogP contribution in [0.15, 0.2) is 60.7 Å². The van der Waals surface area contributed by atoms with E-state index in [2.05, 4.69) is 60.7 Å². The average Bonchev–Trinajstić information content (AvgIpc) is 2.47. The van der Waals surface area contributed by atoms with E-state index in [1.807, 2.05) is 0 Å². The normalized spacial score (nSPS) is 10.8. The van der Waals surface area contributed by atoms with Crippen LogP contribution in [0.4, 0.5) is 0 Å². The van der Waals surface area contributed by atoms with Gasteiger partial charge < -0.3 is 0 Å². The van der Waals surface area contributed by atoms with Gasteiger partial charge in [0, 0.05) is 5.88 Å². The SMILES string of the molecule is ClCCC[Si](Cc1ccccc1)Cc1ccccc1. The van der Waals surface area contributed by atoms with Gasteiger partial charge in [-0.25, -0.2) is 0 Å². The molecule has 0 spiro atoms. The van der Waals surface area contributed by atoms with E-state index in [1.165, 1.54) is 29.3 Å². The molecule has 0 bridgehead atoms. The summed E-state index contributed by atoms with van der Waals surface area (Å²) in [6.07, 6.45) is 1.15. The Labute approximate surface area is 123 Å². The molecule has 2 heteroatoms. The highest BCUT2D eigenvalue weighted by Gasteiger charge is 2.12. The Morgan fingerprint density at radius 2 is 1.21 bits per heavy atom. The van der Waals surface area contributed by atoms with Crippen molar-refractivity contribution in [1.82, 2.24) is 0 Å². The van der Waals surface area contributed by atoms with Crippen LogP contribution < -0.4 is 0 Å². The summed E-state index contributed by atoms with van der Waals surface area (Å²) in [6.45, 7) is 0. The third-order valence-corrected chi connectivity index (χ3v) is 6.40. The smallest absolute Gasteiger partial charge is 0.0571 e. The first-order valence-corrected chi connectivity index (χ1v) is 9.51. The fraction of sp³-hybridized carbons (Fsp3) is 0.294. The number of hydrogen-bond acceptors (Lipinski definition) is 0. The fourth-order valence-corrected chi connectivity index (χ4v) is 5.46. The van der Waals surface area contributed by atoms with Gasteiger partial charge in [-0.3, -0.25) is 0 Å². The van der Waals surface area contributed by atoms with E-state index >= 15 is 0 Å². The van der Waals surface area contributed by atoms with Gasteiger partial charge in [-0.15, -0.1) is 11.6 Å². The van der Waals surface area contributed by atoms with Crippen LogP contribution in [0.5, 0.6) is 0 Å². The first-order valence-electron chi connectivity index (χ1n) is 6.86. The van der Waals surface area contributed by atoms with Crippen LogP contribution in [0.1, 0.15) is 17.5 Å². The molecule has 0 saturated heterocycles. The van der Waals surface area contributed by atoms with Crippen LogP contribution in [-0.2, 0) is 12.1 Å². The Morgan fingerprint density at radius 1 is 0.737 bits per heavy atom. The lowest BCUT2D eigenvalue weighted by atomic mass is 10.2. The van der Waals surface area contributed by atoms with Gasteiger partial charge >= 0.3 is 0 Å². The minimum Gasteiger partial charge on any atom is -0.127 e. The number of hydrogen-bond donors (Lipinski definition) is 0. The van der Waals surface area contributed by atoms with E-state index in [0.29, 0.717) is 0 Å². The van der Waals surface area contributed by atoms with Crippen LogP contribution in [0, 0.1) is 0 Å². The summed E-state index contributed by atoms with van der Waals surface area (Å²) < 4.78 is 0. The molecule has 0 N–H and O–H groups in total. The van der Waals surface area contributed by atoms with Crippen molar-refractivity contribution in [3.05, 3.63) is 71.8 Å². The van der Waals surface area contributed by atoms with Crippen molar-refractivity contribution >= 4 is 20.4 Å². The maximum atomic E-state index is 5.87. The van der Waals surface area contributed by atoms with Crippen molar-refractivity contribution in [2.75, 3.05) is 5.88 Å². The number of alkyl halides is 1. The second kappa shape index (κ2) is 8.18. The zero-order valence-electron chi connectivity index (χ0n) is 11.2. The lowest BCUT2D eigenvalue weighted by Crippen LogP contribution is -2.21. The first-order chi connectivity index (χ1) is 9.38. The quantitative estimate of drug-likeness (QED) is 0.513. The molecule has 0 amide bonds. The van der Waals surface area contributed by atoms with E-state index < -0.39 is 8.80 Å². The molecule has 0 fully saturated rings. The topological polar surface area (TPSA) is 0 Å². The van der Waals surface area contributed by atoms with E-state index in [0.717, 1.165) is 12.3 Å². The average molecular weight is 288 g/mol. The zero-order chi connectivity index (χ0) is 13.3. The Kier molecular flexibility index (Phi) is 6.18. The molecule has 0 aliphatic rings. The third-order valence-electron chi connectivity index (χ3n) is 3.26. The van der Waals surface area contributed by atoms with Gasteiger partial charge in [-0.2, -0.15) is 0 Å². The van der Waals surface area contributed by atoms with Gasteiger partial charge in [-0.05, 0) is 18.5 Å². The molecule has 19 heavy (non-hydrogen) atoms. The molecule has 0 atom stereocenters. The maximum absolute atomic E-state index is 5.87. The monoisotopic (exact) mass is 287 g/mol.